The number of halogens is 2. The van der Waals surface area contributed by atoms with Gasteiger partial charge >= 0.3 is 0 Å². The Morgan fingerprint density at radius 1 is 1.24 bits per heavy atom. The summed E-state index contributed by atoms with van der Waals surface area (Å²) < 4.78 is 39.0. The van der Waals surface area contributed by atoms with Gasteiger partial charge in [0, 0.05) is 11.6 Å². The second kappa shape index (κ2) is 7.84. The predicted octanol–water partition coefficient (Wildman–Crippen LogP) is 2.98. The molecule has 8 heteroatoms. The molecule has 0 saturated heterocycles. The summed E-state index contributed by atoms with van der Waals surface area (Å²) in [4.78, 5) is 12.0. The van der Waals surface area contributed by atoms with E-state index in [0.717, 1.165) is 16.1 Å². The Morgan fingerprint density at radius 3 is 2.56 bits per heavy atom. The zero-order valence-electron chi connectivity index (χ0n) is 13.8. The molecule has 0 aromatic heterocycles. The van der Waals surface area contributed by atoms with Crippen molar-refractivity contribution in [1.29, 1.82) is 0 Å². The first-order chi connectivity index (χ1) is 11.7. The molecule has 0 aliphatic carbocycles. The maximum Gasteiger partial charge on any atom is 0.254 e. The lowest BCUT2D eigenvalue weighted by Crippen LogP contribution is -2.38. The first-order valence-corrected chi connectivity index (χ1v) is 9.69. The maximum absolute atomic E-state index is 13.6. The average Bonchev–Trinajstić information content (AvgIpc) is 2.53. The molecule has 0 spiro atoms. The van der Waals surface area contributed by atoms with Crippen molar-refractivity contribution in [2.45, 2.75) is 6.92 Å². The van der Waals surface area contributed by atoms with Crippen LogP contribution in [0.1, 0.15) is 15.9 Å². The van der Waals surface area contributed by atoms with Gasteiger partial charge in [0.1, 0.15) is 5.82 Å². The Hall–Kier alpha value is -2.12. The number of benzene rings is 2. The zero-order chi connectivity index (χ0) is 18.6. The molecule has 0 fully saturated rings. The fourth-order valence-electron chi connectivity index (χ4n) is 2.33. The third kappa shape index (κ3) is 4.93. The van der Waals surface area contributed by atoms with Crippen LogP contribution < -0.4 is 9.62 Å². The third-order valence-electron chi connectivity index (χ3n) is 3.56. The molecular formula is C17H18ClFN2O3S. The smallest absolute Gasteiger partial charge is 0.254 e. The van der Waals surface area contributed by atoms with Gasteiger partial charge in [0.15, 0.2) is 0 Å². The van der Waals surface area contributed by atoms with E-state index in [2.05, 4.69) is 5.32 Å². The predicted molar refractivity (Wildman–Crippen MR) is 97.1 cm³/mol. The lowest BCUT2D eigenvalue weighted by Gasteiger charge is -2.24. The highest BCUT2D eigenvalue weighted by atomic mass is 35.5. The molecule has 0 radical (unpaired) electrons. The SMILES string of the molecule is Cc1ccc(Cl)cc1N(CCNC(=O)c1ccccc1F)S(C)(=O)=O. The summed E-state index contributed by atoms with van der Waals surface area (Å²) in [5, 5.41) is 2.94. The van der Waals surface area contributed by atoms with Crippen molar-refractivity contribution in [2.24, 2.45) is 0 Å². The van der Waals surface area contributed by atoms with Crippen molar-refractivity contribution in [1.82, 2.24) is 5.32 Å². The minimum absolute atomic E-state index is 0.000207. The Labute approximate surface area is 151 Å². The minimum Gasteiger partial charge on any atom is -0.350 e. The van der Waals surface area contributed by atoms with Crippen LogP contribution in [-0.2, 0) is 10.0 Å². The number of rotatable bonds is 6. The van der Waals surface area contributed by atoms with Crippen LogP contribution in [0.4, 0.5) is 10.1 Å². The summed E-state index contributed by atoms with van der Waals surface area (Å²) in [6.45, 7) is 1.79. The van der Waals surface area contributed by atoms with E-state index in [9.17, 15) is 17.6 Å². The second-order valence-electron chi connectivity index (χ2n) is 5.50. The summed E-state index contributed by atoms with van der Waals surface area (Å²) >= 11 is 5.96. The van der Waals surface area contributed by atoms with Crippen LogP contribution in [0.25, 0.3) is 0 Å². The Kier molecular flexibility index (Phi) is 6.02. The monoisotopic (exact) mass is 384 g/mol. The van der Waals surface area contributed by atoms with Gasteiger partial charge in [-0.25, -0.2) is 12.8 Å². The number of amides is 1. The summed E-state index contributed by atoms with van der Waals surface area (Å²) in [5.74, 6) is -1.24. The second-order valence-corrected chi connectivity index (χ2v) is 7.84. The summed E-state index contributed by atoms with van der Waals surface area (Å²) in [5.41, 5.74) is 1.08. The lowest BCUT2D eigenvalue weighted by molar-refractivity contribution is 0.0951. The maximum atomic E-state index is 13.6. The molecule has 1 amide bonds. The van der Waals surface area contributed by atoms with E-state index in [1.165, 1.54) is 18.2 Å². The zero-order valence-corrected chi connectivity index (χ0v) is 15.4. The summed E-state index contributed by atoms with van der Waals surface area (Å²) in [6, 6.07) is 10.5. The molecule has 5 nitrogen and oxygen atoms in total. The average molecular weight is 385 g/mol. The molecule has 0 heterocycles. The largest absolute Gasteiger partial charge is 0.350 e. The first kappa shape index (κ1) is 19.2. The fourth-order valence-corrected chi connectivity index (χ4v) is 3.47. The normalized spacial score (nSPS) is 11.2. The van der Waals surface area contributed by atoms with Crippen molar-refractivity contribution in [2.75, 3.05) is 23.7 Å². The highest BCUT2D eigenvalue weighted by Gasteiger charge is 2.20. The lowest BCUT2D eigenvalue weighted by atomic mass is 10.2. The van der Waals surface area contributed by atoms with E-state index in [1.807, 2.05) is 0 Å². The number of sulfonamides is 1. The quantitative estimate of drug-likeness (QED) is 0.832. The van der Waals surface area contributed by atoms with Crippen molar-refractivity contribution < 1.29 is 17.6 Å². The Morgan fingerprint density at radius 2 is 1.92 bits per heavy atom. The molecule has 0 unspecified atom stereocenters. The van der Waals surface area contributed by atoms with Gasteiger partial charge < -0.3 is 5.32 Å². The van der Waals surface area contributed by atoms with Gasteiger partial charge in [0.2, 0.25) is 10.0 Å². The van der Waals surface area contributed by atoms with Crippen molar-refractivity contribution >= 4 is 33.2 Å². The van der Waals surface area contributed by atoms with Gasteiger partial charge in [0.05, 0.1) is 24.1 Å². The van der Waals surface area contributed by atoms with Gasteiger partial charge in [-0.1, -0.05) is 29.8 Å². The molecule has 0 saturated carbocycles. The molecular weight excluding hydrogens is 367 g/mol. The van der Waals surface area contributed by atoms with Crippen LogP contribution in [0.5, 0.6) is 0 Å². The first-order valence-electron chi connectivity index (χ1n) is 7.47. The number of hydrogen-bond donors (Lipinski definition) is 1. The van der Waals surface area contributed by atoms with Crippen LogP contribution in [0.3, 0.4) is 0 Å². The van der Waals surface area contributed by atoms with Crippen LogP contribution >= 0.6 is 11.6 Å². The summed E-state index contributed by atoms with van der Waals surface area (Å²) in [7, 11) is -3.58. The standard InChI is InChI=1S/C17H18ClFN2O3S/c1-12-7-8-13(18)11-16(12)21(25(2,23)24)10-9-20-17(22)14-5-3-4-6-15(14)19/h3-8,11H,9-10H2,1-2H3,(H,20,22). The number of hydrogen-bond acceptors (Lipinski definition) is 3. The van der Waals surface area contributed by atoms with E-state index in [4.69, 9.17) is 11.6 Å². The van der Waals surface area contributed by atoms with Gasteiger partial charge in [-0.05, 0) is 36.8 Å². The topological polar surface area (TPSA) is 66.5 Å². The van der Waals surface area contributed by atoms with Crippen LogP contribution in [0, 0.1) is 12.7 Å². The summed E-state index contributed by atoms with van der Waals surface area (Å²) in [6.07, 6.45) is 1.08. The highest BCUT2D eigenvalue weighted by Crippen LogP contribution is 2.25. The van der Waals surface area contributed by atoms with E-state index in [1.54, 1.807) is 31.2 Å². The number of aryl methyl sites for hydroxylation is 1. The molecule has 0 aliphatic heterocycles. The van der Waals surface area contributed by atoms with Crippen LogP contribution in [-0.4, -0.2) is 33.7 Å². The molecule has 0 atom stereocenters. The van der Waals surface area contributed by atoms with E-state index < -0.39 is 21.7 Å². The Balaban J connectivity index is 2.13. The molecule has 0 bridgehead atoms. The number of carbonyl (C=O) groups is 1. The molecule has 2 aromatic carbocycles. The van der Waals surface area contributed by atoms with E-state index in [0.29, 0.717) is 10.7 Å². The Bertz CT molecular complexity index is 887. The van der Waals surface area contributed by atoms with E-state index >= 15 is 0 Å². The van der Waals surface area contributed by atoms with Gasteiger partial charge in [-0.3, -0.25) is 9.10 Å². The molecule has 25 heavy (non-hydrogen) atoms. The van der Waals surface area contributed by atoms with Crippen molar-refractivity contribution in [3.63, 3.8) is 0 Å². The van der Waals surface area contributed by atoms with Crippen LogP contribution in [0.2, 0.25) is 5.02 Å². The minimum atomic E-state index is -3.58. The number of carbonyl (C=O) groups excluding carboxylic acids is 1. The number of nitrogens with zero attached hydrogens (tertiary/aromatic N) is 1. The van der Waals surface area contributed by atoms with Crippen LogP contribution in [0.15, 0.2) is 42.5 Å². The number of anilines is 1. The molecule has 1 N–H and O–H groups in total. The van der Waals surface area contributed by atoms with Gasteiger partial charge in [0.25, 0.3) is 5.91 Å². The van der Waals surface area contributed by atoms with Gasteiger partial charge in [-0.2, -0.15) is 0 Å². The number of nitrogens with one attached hydrogen (secondary N) is 1. The van der Waals surface area contributed by atoms with E-state index in [-0.39, 0.29) is 18.7 Å². The molecule has 2 rings (SSSR count). The molecule has 2 aromatic rings. The highest BCUT2D eigenvalue weighted by molar-refractivity contribution is 7.92. The third-order valence-corrected chi connectivity index (χ3v) is 4.97. The molecule has 134 valence electrons. The molecule has 0 aliphatic rings. The van der Waals surface area contributed by atoms with Crippen molar-refractivity contribution in [3.8, 4) is 0 Å². The van der Waals surface area contributed by atoms with Gasteiger partial charge in [-0.15, -0.1) is 0 Å². The van der Waals surface area contributed by atoms with Crippen molar-refractivity contribution in [3.05, 3.63) is 64.4 Å². The fraction of sp³-hybridized carbons (Fsp3) is 0.235.